The molecule has 0 saturated carbocycles. The van der Waals surface area contributed by atoms with Gasteiger partial charge in [0.15, 0.2) is 0 Å². The third-order valence-corrected chi connectivity index (χ3v) is 4.91. The molecule has 134 valence electrons. The second-order valence-electron chi connectivity index (χ2n) is 6.20. The van der Waals surface area contributed by atoms with Gasteiger partial charge in [0.2, 0.25) is 5.95 Å². The average Bonchev–Trinajstić information content (AvgIpc) is 2.98. The molecule has 2 aromatic heterocycles. The molecule has 8 heteroatoms. The molecule has 1 aromatic carbocycles. The standard InChI is InChI=1S/C18H19ClN6O/c1-23-15-7-3-2-6-14(15)21-17(23)22-18(26)25-11-9-24(10-12-25)16-13(19)5-4-8-20-16/h2-8H,9-12H2,1H3,(H,21,22,26). The fourth-order valence-corrected chi connectivity index (χ4v) is 3.40. The summed E-state index contributed by atoms with van der Waals surface area (Å²) >= 11 is 6.21. The zero-order valence-electron chi connectivity index (χ0n) is 14.4. The normalized spacial score (nSPS) is 14.7. The zero-order valence-corrected chi connectivity index (χ0v) is 15.1. The van der Waals surface area contributed by atoms with Crippen LogP contribution in [0.15, 0.2) is 42.6 Å². The van der Waals surface area contributed by atoms with Crippen molar-refractivity contribution in [2.75, 3.05) is 36.4 Å². The first-order valence-electron chi connectivity index (χ1n) is 8.46. The van der Waals surface area contributed by atoms with Crippen LogP contribution in [0.1, 0.15) is 0 Å². The topological polar surface area (TPSA) is 66.3 Å². The predicted octanol–water partition coefficient (Wildman–Crippen LogP) is 2.98. The van der Waals surface area contributed by atoms with Gasteiger partial charge >= 0.3 is 6.03 Å². The van der Waals surface area contributed by atoms with Crippen molar-refractivity contribution in [2.45, 2.75) is 0 Å². The van der Waals surface area contributed by atoms with Crippen molar-refractivity contribution >= 4 is 40.4 Å². The minimum absolute atomic E-state index is 0.143. The number of aryl methyl sites for hydroxylation is 1. The van der Waals surface area contributed by atoms with E-state index in [-0.39, 0.29) is 6.03 Å². The van der Waals surface area contributed by atoms with Crippen LogP contribution in [0.3, 0.4) is 0 Å². The number of nitrogens with one attached hydrogen (secondary N) is 1. The van der Waals surface area contributed by atoms with E-state index in [2.05, 4.69) is 20.2 Å². The molecule has 0 radical (unpaired) electrons. The molecule has 4 rings (SSSR count). The van der Waals surface area contributed by atoms with Gasteiger partial charge < -0.3 is 14.4 Å². The number of rotatable bonds is 2. The van der Waals surface area contributed by atoms with Gasteiger partial charge in [0.05, 0.1) is 16.1 Å². The maximum atomic E-state index is 12.6. The van der Waals surface area contributed by atoms with E-state index in [4.69, 9.17) is 11.6 Å². The summed E-state index contributed by atoms with van der Waals surface area (Å²) in [5.74, 6) is 1.32. The van der Waals surface area contributed by atoms with Gasteiger partial charge in [-0.3, -0.25) is 5.32 Å². The smallest absolute Gasteiger partial charge is 0.324 e. The molecule has 1 aliphatic rings. The Bertz CT molecular complexity index is 948. The van der Waals surface area contributed by atoms with E-state index in [1.165, 1.54) is 0 Å². The maximum absolute atomic E-state index is 12.6. The highest BCUT2D eigenvalue weighted by Gasteiger charge is 2.24. The van der Waals surface area contributed by atoms with Gasteiger partial charge in [0.25, 0.3) is 0 Å². The van der Waals surface area contributed by atoms with Gasteiger partial charge in [0, 0.05) is 39.4 Å². The first-order chi connectivity index (χ1) is 12.6. The van der Waals surface area contributed by atoms with Gasteiger partial charge in [-0.2, -0.15) is 0 Å². The van der Waals surface area contributed by atoms with E-state index in [0.717, 1.165) is 16.9 Å². The van der Waals surface area contributed by atoms with Crippen LogP contribution in [0.25, 0.3) is 11.0 Å². The number of amides is 2. The van der Waals surface area contributed by atoms with Crippen molar-refractivity contribution in [3.05, 3.63) is 47.6 Å². The number of carbonyl (C=O) groups excluding carboxylic acids is 1. The number of fused-ring (bicyclic) bond motifs is 1. The molecule has 1 saturated heterocycles. The summed E-state index contributed by atoms with van der Waals surface area (Å²) in [5.41, 5.74) is 1.84. The molecule has 3 aromatic rings. The summed E-state index contributed by atoms with van der Waals surface area (Å²) in [7, 11) is 1.89. The molecular formula is C18H19ClN6O. The molecule has 2 amide bonds. The number of nitrogens with zero attached hydrogens (tertiary/aromatic N) is 5. The predicted molar refractivity (Wildman–Crippen MR) is 103 cm³/mol. The van der Waals surface area contributed by atoms with Gasteiger partial charge in [0.1, 0.15) is 5.82 Å². The van der Waals surface area contributed by atoms with Crippen molar-refractivity contribution in [1.29, 1.82) is 0 Å². The first-order valence-corrected chi connectivity index (χ1v) is 8.84. The Kier molecular flexibility index (Phi) is 4.38. The molecular weight excluding hydrogens is 352 g/mol. The number of anilines is 2. The second-order valence-corrected chi connectivity index (χ2v) is 6.60. The van der Waals surface area contributed by atoms with Gasteiger partial charge in [-0.15, -0.1) is 0 Å². The monoisotopic (exact) mass is 370 g/mol. The molecule has 7 nitrogen and oxygen atoms in total. The maximum Gasteiger partial charge on any atom is 0.324 e. The van der Waals surface area contributed by atoms with Crippen molar-refractivity contribution in [2.24, 2.45) is 7.05 Å². The Balaban J connectivity index is 1.42. The van der Waals surface area contributed by atoms with Gasteiger partial charge in [-0.25, -0.2) is 14.8 Å². The number of pyridine rings is 1. The summed E-state index contributed by atoms with van der Waals surface area (Å²) in [6, 6.07) is 11.3. The van der Waals surface area contributed by atoms with Gasteiger partial charge in [-0.05, 0) is 24.3 Å². The summed E-state index contributed by atoms with van der Waals surface area (Å²) in [4.78, 5) is 25.3. The van der Waals surface area contributed by atoms with Crippen LogP contribution in [-0.4, -0.2) is 51.6 Å². The van der Waals surface area contributed by atoms with Crippen LogP contribution in [0, 0.1) is 0 Å². The Morgan fingerprint density at radius 3 is 2.62 bits per heavy atom. The van der Waals surface area contributed by atoms with E-state index < -0.39 is 0 Å². The Labute approximate surface area is 156 Å². The van der Waals surface area contributed by atoms with Crippen LogP contribution in [0.4, 0.5) is 16.6 Å². The molecule has 0 unspecified atom stereocenters. The fraction of sp³-hybridized carbons (Fsp3) is 0.278. The third-order valence-electron chi connectivity index (χ3n) is 4.61. The fourth-order valence-electron chi connectivity index (χ4n) is 3.16. The van der Waals surface area contributed by atoms with Crippen LogP contribution >= 0.6 is 11.6 Å². The third kappa shape index (κ3) is 3.06. The molecule has 0 atom stereocenters. The second kappa shape index (κ2) is 6.84. The lowest BCUT2D eigenvalue weighted by atomic mass is 10.3. The van der Waals surface area contributed by atoms with E-state index in [0.29, 0.717) is 37.1 Å². The summed E-state index contributed by atoms with van der Waals surface area (Å²) < 4.78 is 1.89. The van der Waals surface area contributed by atoms with E-state index >= 15 is 0 Å². The Hall–Kier alpha value is -2.80. The lowest BCUT2D eigenvalue weighted by Crippen LogP contribution is -2.50. The first kappa shape index (κ1) is 16.7. The molecule has 0 aliphatic carbocycles. The largest absolute Gasteiger partial charge is 0.352 e. The number of imidazole rings is 1. The van der Waals surface area contributed by atoms with E-state index in [1.54, 1.807) is 11.1 Å². The quantitative estimate of drug-likeness (QED) is 0.753. The molecule has 0 bridgehead atoms. The van der Waals surface area contributed by atoms with Crippen LogP contribution in [-0.2, 0) is 7.05 Å². The average molecular weight is 371 g/mol. The minimum Gasteiger partial charge on any atom is -0.352 e. The highest BCUT2D eigenvalue weighted by atomic mass is 35.5. The van der Waals surface area contributed by atoms with Gasteiger partial charge in [-0.1, -0.05) is 23.7 Å². The number of hydrogen-bond acceptors (Lipinski definition) is 4. The Morgan fingerprint density at radius 2 is 1.88 bits per heavy atom. The molecule has 0 spiro atoms. The summed E-state index contributed by atoms with van der Waals surface area (Å²) in [5, 5.41) is 3.54. The van der Waals surface area contributed by atoms with Crippen LogP contribution < -0.4 is 10.2 Å². The molecule has 1 N–H and O–H groups in total. The van der Waals surface area contributed by atoms with Crippen molar-refractivity contribution in [1.82, 2.24) is 19.4 Å². The molecule has 1 aliphatic heterocycles. The summed E-state index contributed by atoms with van der Waals surface area (Å²) in [6.07, 6.45) is 1.73. The molecule has 1 fully saturated rings. The van der Waals surface area contributed by atoms with Crippen molar-refractivity contribution in [3.63, 3.8) is 0 Å². The van der Waals surface area contributed by atoms with E-state index in [9.17, 15) is 4.79 Å². The Morgan fingerprint density at radius 1 is 1.12 bits per heavy atom. The molecule has 3 heterocycles. The summed E-state index contributed by atoms with van der Waals surface area (Å²) in [6.45, 7) is 2.57. The van der Waals surface area contributed by atoms with Crippen molar-refractivity contribution in [3.8, 4) is 0 Å². The highest BCUT2D eigenvalue weighted by molar-refractivity contribution is 6.32. The number of hydrogen-bond donors (Lipinski definition) is 1. The van der Waals surface area contributed by atoms with Crippen LogP contribution in [0.2, 0.25) is 5.02 Å². The van der Waals surface area contributed by atoms with Crippen LogP contribution in [0.5, 0.6) is 0 Å². The number of benzene rings is 1. The number of carbonyl (C=O) groups is 1. The lowest BCUT2D eigenvalue weighted by molar-refractivity contribution is 0.208. The number of urea groups is 1. The lowest BCUT2D eigenvalue weighted by Gasteiger charge is -2.35. The number of halogens is 1. The van der Waals surface area contributed by atoms with E-state index in [1.807, 2.05) is 48.0 Å². The number of piperazine rings is 1. The molecule has 26 heavy (non-hydrogen) atoms. The van der Waals surface area contributed by atoms with Crippen molar-refractivity contribution < 1.29 is 4.79 Å². The number of para-hydroxylation sites is 2. The SMILES string of the molecule is Cn1c(NC(=O)N2CCN(c3ncccc3Cl)CC2)nc2ccccc21. The zero-order chi connectivity index (χ0) is 18.1. The minimum atomic E-state index is -0.143. The highest BCUT2D eigenvalue weighted by Crippen LogP contribution is 2.23. The number of aromatic nitrogens is 3.